The van der Waals surface area contributed by atoms with Crippen LogP contribution in [0.25, 0.3) is 0 Å². The minimum atomic E-state index is -0.304. The molecule has 0 spiro atoms. The van der Waals surface area contributed by atoms with Crippen LogP contribution in [0.5, 0.6) is 0 Å². The Balaban J connectivity index is 2.64. The molecule has 0 aliphatic heterocycles. The van der Waals surface area contributed by atoms with Gasteiger partial charge in [-0.3, -0.25) is 4.79 Å². The molecule has 1 aromatic carbocycles. The summed E-state index contributed by atoms with van der Waals surface area (Å²) < 4.78 is 13.1. The predicted molar refractivity (Wildman–Crippen MR) is 58.3 cm³/mol. The fourth-order valence-electron chi connectivity index (χ4n) is 1.19. The summed E-state index contributed by atoms with van der Waals surface area (Å²) in [6.45, 7) is 2.25. The standard InChI is InChI=1S/C11H15FN2O/c1-8-9(12)4-3-5-10(8)14-11(15)6-7-13-2/h3-5,13H,6-7H2,1-2H3,(H,14,15). The molecule has 0 unspecified atom stereocenters. The number of hydrogen-bond acceptors (Lipinski definition) is 2. The van der Waals surface area contributed by atoms with Crippen LogP contribution in [0.4, 0.5) is 10.1 Å². The summed E-state index contributed by atoms with van der Waals surface area (Å²) in [7, 11) is 1.78. The molecule has 0 saturated carbocycles. The zero-order chi connectivity index (χ0) is 11.3. The molecule has 82 valence electrons. The van der Waals surface area contributed by atoms with Gasteiger partial charge in [0.2, 0.25) is 5.91 Å². The smallest absolute Gasteiger partial charge is 0.225 e. The maximum absolute atomic E-state index is 13.1. The Morgan fingerprint density at radius 2 is 2.20 bits per heavy atom. The predicted octanol–water partition coefficient (Wildman–Crippen LogP) is 1.68. The number of carbonyl (C=O) groups excluding carboxylic acids is 1. The number of amides is 1. The number of nitrogens with one attached hydrogen (secondary N) is 2. The van der Waals surface area contributed by atoms with Crippen molar-refractivity contribution in [2.45, 2.75) is 13.3 Å². The average Bonchev–Trinajstić information content (AvgIpc) is 2.22. The van der Waals surface area contributed by atoms with E-state index in [1.807, 2.05) is 0 Å². The van der Waals surface area contributed by atoms with Gasteiger partial charge in [0.05, 0.1) is 0 Å². The zero-order valence-corrected chi connectivity index (χ0v) is 8.93. The van der Waals surface area contributed by atoms with Gasteiger partial charge in [0.25, 0.3) is 0 Å². The Labute approximate surface area is 88.7 Å². The van der Waals surface area contributed by atoms with Gasteiger partial charge in [0.15, 0.2) is 0 Å². The number of benzene rings is 1. The Morgan fingerprint density at radius 3 is 2.87 bits per heavy atom. The SMILES string of the molecule is CNCCC(=O)Nc1cccc(F)c1C. The Morgan fingerprint density at radius 1 is 1.47 bits per heavy atom. The molecular formula is C11H15FN2O. The zero-order valence-electron chi connectivity index (χ0n) is 8.93. The van der Waals surface area contributed by atoms with Crippen molar-refractivity contribution in [3.05, 3.63) is 29.6 Å². The van der Waals surface area contributed by atoms with Gasteiger partial charge in [0, 0.05) is 24.2 Å². The molecule has 0 fully saturated rings. The van der Waals surface area contributed by atoms with E-state index in [2.05, 4.69) is 10.6 Å². The first kappa shape index (κ1) is 11.7. The Kier molecular flexibility index (Phi) is 4.24. The van der Waals surface area contributed by atoms with Crippen molar-refractivity contribution in [2.24, 2.45) is 0 Å². The van der Waals surface area contributed by atoms with Gasteiger partial charge in [-0.2, -0.15) is 0 Å². The molecule has 0 aliphatic carbocycles. The summed E-state index contributed by atoms with van der Waals surface area (Å²) in [5.74, 6) is -0.417. The first-order valence-electron chi connectivity index (χ1n) is 4.84. The molecule has 0 saturated heterocycles. The van der Waals surface area contributed by atoms with Gasteiger partial charge in [-0.05, 0) is 26.1 Å². The molecule has 0 atom stereocenters. The summed E-state index contributed by atoms with van der Waals surface area (Å²) in [6.07, 6.45) is 0.381. The number of carbonyl (C=O) groups is 1. The van der Waals surface area contributed by atoms with Crippen LogP contribution in [0.1, 0.15) is 12.0 Å². The van der Waals surface area contributed by atoms with E-state index >= 15 is 0 Å². The quantitative estimate of drug-likeness (QED) is 0.794. The molecule has 3 nitrogen and oxygen atoms in total. The number of rotatable bonds is 4. The molecule has 0 heterocycles. The van der Waals surface area contributed by atoms with Crippen molar-refractivity contribution in [3.8, 4) is 0 Å². The van der Waals surface area contributed by atoms with Crippen molar-refractivity contribution in [2.75, 3.05) is 18.9 Å². The maximum atomic E-state index is 13.1. The van der Waals surface area contributed by atoms with Crippen molar-refractivity contribution in [1.29, 1.82) is 0 Å². The van der Waals surface area contributed by atoms with Crippen LogP contribution in [0.15, 0.2) is 18.2 Å². The summed E-state index contributed by atoms with van der Waals surface area (Å²) in [5, 5.41) is 5.54. The molecule has 0 bridgehead atoms. The molecule has 0 aliphatic rings. The second-order valence-electron chi connectivity index (χ2n) is 3.31. The molecule has 1 amide bonds. The van der Waals surface area contributed by atoms with Crippen molar-refractivity contribution < 1.29 is 9.18 Å². The highest BCUT2D eigenvalue weighted by Gasteiger charge is 2.06. The highest BCUT2D eigenvalue weighted by Crippen LogP contribution is 2.17. The molecule has 0 radical (unpaired) electrons. The first-order valence-corrected chi connectivity index (χ1v) is 4.84. The average molecular weight is 210 g/mol. The van der Waals surface area contributed by atoms with Crippen LogP contribution in [0, 0.1) is 12.7 Å². The summed E-state index contributed by atoms with van der Waals surface area (Å²) >= 11 is 0. The largest absolute Gasteiger partial charge is 0.326 e. The minimum absolute atomic E-state index is 0.113. The minimum Gasteiger partial charge on any atom is -0.326 e. The van der Waals surface area contributed by atoms with Gasteiger partial charge in [-0.25, -0.2) is 4.39 Å². The maximum Gasteiger partial charge on any atom is 0.225 e. The number of anilines is 1. The van der Waals surface area contributed by atoms with Gasteiger partial charge in [-0.1, -0.05) is 6.07 Å². The van der Waals surface area contributed by atoms with E-state index in [9.17, 15) is 9.18 Å². The second kappa shape index (κ2) is 5.46. The van der Waals surface area contributed by atoms with Crippen LogP contribution in [0.3, 0.4) is 0 Å². The third kappa shape index (κ3) is 3.32. The number of halogens is 1. The third-order valence-electron chi connectivity index (χ3n) is 2.14. The van der Waals surface area contributed by atoms with Crippen molar-refractivity contribution >= 4 is 11.6 Å². The highest BCUT2D eigenvalue weighted by atomic mass is 19.1. The lowest BCUT2D eigenvalue weighted by atomic mass is 10.2. The van der Waals surface area contributed by atoms with Crippen LogP contribution >= 0.6 is 0 Å². The van der Waals surface area contributed by atoms with Crippen LogP contribution in [-0.2, 0) is 4.79 Å². The van der Waals surface area contributed by atoms with E-state index < -0.39 is 0 Å². The highest BCUT2D eigenvalue weighted by molar-refractivity contribution is 5.91. The third-order valence-corrected chi connectivity index (χ3v) is 2.14. The lowest BCUT2D eigenvalue weighted by Gasteiger charge is -2.08. The van der Waals surface area contributed by atoms with E-state index in [1.165, 1.54) is 6.07 Å². The monoisotopic (exact) mass is 210 g/mol. The van der Waals surface area contributed by atoms with Crippen LogP contribution < -0.4 is 10.6 Å². The molecule has 1 rings (SSSR count). The molecule has 1 aromatic rings. The van der Waals surface area contributed by atoms with Gasteiger partial charge in [0.1, 0.15) is 5.82 Å². The first-order chi connectivity index (χ1) is 7.15. The van der Waals surface area contributed by atoms with E-state index in [4.69, 9.17) is 0 Å². The lowest BCUT2D eigenvalue weighted by Crippen LogP contribution is -2.19. The number of hydrogen-bond donors (Lipinski definition) is 2. The van der Waals surface area contributed by atoms with Crippen molar-refractivity contribution in [3.63, 3.8) is 0 Å². The van der Waals surface area contributed by atoms with E-state index in [-0.39, 0.29) is 11.7 Å². The summed E-state index contributed by atoms with van der Waals surface area (Å²) in [4.78, 5) is 11.4. The Hall–Kier alpha value is -1.42. The fourth-order valence-corrected chi connectivity index (χ4v) is 1.19. The molecule has 2 N–H and O–H groups in total. The molecule has 15 heavy (non-hydrogen) atoms. The van der Waals surface area contributed by atoms with Gasteiger partial charge < -0.3 is 10.6 Å². The summed E-state index contributed by atoms with van der Waals surface area (Å²) in [6, 6.07) is 4.64. The van der Waals surface area contributed by atoms with E-state index in [0.717, 1.165) is 0 Å². The normalized spacial score (nSPS) is 10.1. The molecular weight excluding hydrogens is 195 g/mol. The van der Waals surface area contributed by atoms with Crippen molar-refractivity contribution in [1.82, 2.24) is 5.32 Å². The van der Waals surface area contributed by atoms with Gasteiger partial charge >= 0.3 is 0 Å². The van der Waals surface area contributed by atoms with Crippen LogP contribution in [0.2, 0.25) is 0 Å². The van der Waals surface area contributed by atoms with E-state index in [0.29, 0.717) is 24.2 Å². The summed E-state index contributed by atoms with van der Waals surface area (Å²) in [5.41, 5.74) is 1.01. The van der Waals surface area contributed by atoms with E-state index in [1.54, 1.807) is 26.1 Å². The van der Waals surface area contributed by atoms with Gasteiger partial charge in [-0.15, -0.1) is 0 Å². The molecule has 4 heteroatoms. The fraction of sp³-hybridized carbons (Fsp3) is 0.364. The molecule has 0 aromatic heterocycles. The van der Waals surface area contributed by atoms with Crippen LogP contribution in [-0.4, -0.2) is 19.5 Å². The second-order valence-corrected chi connectivity index (χ2v) is 3.31. The Bertz CT molecular complexity index is 352. The lowest BCUT2D eigenvalue weighted by molar-refractivity contribution is -0.116. The topological polar surface area (TPSA) is 41.1 Å².